The highest BCUT2D eigenvalue weighted by atomic mass is 16.3. The first kappa shape index (κ1) is 17.5. The molecule has 1 aromatic heterocycles. The predicted molar refractivity (Wildman–Crippen MR) is 98.4 cm³/mol. The molecule has 1 aromatic carbocycles. The van der Waals surface area contributed by atoms with E-state index >= 15 is 0 Å². The zero-order valence-corrected chi connectivity index (χ0v) is 15.1. The molecular weight excluding hydrogens is 340 g/mol. The first-order valence-electron chi connectivity index (χ1n) is 9.13. The van der Waals surface area contributed by atoms with Crippen LogP contribution in [0.2, 0.25) is 0 Å². The molecule has 1 N–H and O–H groups in total. The lowest BCUT2D eigenvalue weighted by Crippen LogP contribution is -2.36. The van der Waals surface area contributed by atoms with Crippen LogP contribution in [0.1, 0.15) is 46.6 Å². The number of carbonyl (C=O) groups is 1. The predicted octanol–water partition coefficient (Wildman–Crippen LogP) is 2.31. The summed E-state index contributed by atoms with van der Waals surface area (Å²) in [4.78, 5) is 15.1. The normalized spacial score (nSPS) is 23.9. The number of hydrogen-bond acceptors (Lipinski definition) is 5. The third-order valence-electron chi connectivity index (χ3n) is 5.89. The molecular formula is C21H20N4O2. The summed E-state index contributed by atoms with van der Waals surface area (Å²) in [5.41, 5.74) is 2.94. The van der Waals surface area contributed by atoms with Gasteiger partial charge in [-0.15, -0.1) is 0 Å². The summed E-state index contributed by atoms with van der Waals surface area (Å²) in [6.07, 6.45) is 2.37. The van der Waals surface area contributed by atoms with Gasteiger partial charge in [-0.05, 0) is 56.5 Å². The van der Waals surface area contributed by atoms with Gasteiger partial charge in [-0.1, -0.05) is 0 Å². The van der Waals surface area contributed by atoms with Gasteiger partial charge in [0.2, 0.25) is 0 Å². The maximum Gasteiger partial charge on any atom is 0.178 e. The Morgan fingerprint density at radius 3 is 2.52 bits per heavy atom. The number of carbonyl (C=O) groups excluding carboxylic acids is 1. The van der Waals surface area contributed by atoms with Crippen molar-refractivity contribution >= 4 is 5.78 Å². The van der Waals surface area contributed by atoms with Gasteiger partial charge in [0.15, 0.2) is 5.78 Å². The summed E-state index contributed by atoms with van der Waals surface area (Å²) in [5.74, 6) is -0.0256. The van der Waals surface area contributed by atoms with E-state index in [-0.39, 0.29) is 30.5 Å². The van der Waals surface area contributed by atoms with Crippen molar-refractivity contribution in [3.63, 3.8) is 0 Å². The van der Waals surface area contributed by atoms with E-state index in [1.54, 1.807) is 34.9 Å². The van der Waals surface area contributed by atoms with E-state index in [2.05, 4.69) is 17.0 Å². The molecule has 0 spiro atoms. The van der Waals surface area contributed by atoms with Crippen LogP contribution in [0.3, 0.4) is 0 Å². The maximum absolute atomic E-state index is 13.0. The quantitative estimate of drug-likeness (QED) is 0.845. The molecule has 27 heavy (non-hydrogen) atoms. The van der Waals surface area contributed by atoms with Crippen molar-refractivity contribution in [2.24, 2.45) is 0 Å². The number of hydrogen-bond donors (Lipinski definition) is 1. The van der Waals surface area contributed by atoms with Crippen molar-refractivity contribution in [2.75, 3.05) is 6.54 Å². The fraction of sp³-hybridized carbons (Fsp3) is 0.381. The zero-order chi connectivity index (χ0) is 19.1. The van der Waals surface area contributed by atoms with Gasteiger partial charge in [-0.2, -0.15) is 10.5 Å². The van der Waals surface area contributed by atoms with Crippen LogP contribution in [-0.2, 0) is 0 Å². The van der Waals surface area contributed by atoms with Crippen molar-refractivity contribution in [2.45, 2.75) is 44.4 Å². The second-order valence-electron chi connectivity index (χ2n) is 7.33. The summed E-state index contributed by atoms with van der Waals surface area (Å²) in [5, 5.41) is 28.6. The molecule has 4 rings (SSSR count). The minimum Gasteiger partial charge on any atom is -0.391 e. The van der Waals surface area contributed by atoms with Gasteiger partial charge < -0.3 is 9.67 Å². The molecule has 0 saturated carbocycles. The topological polar surface area (TPSA) is 93.1 Å². The standard InChI is InChI=1S/C21H20N4O2/c1-13-18(21(27)12-24-16-6-7-19(24)20(26)9-16)8-17(11-23)25(13)15-4-2-14(10-22)3-5-15/h2-5,8,16,19-20,26H,6-7,9,12H2,1H3/t16?,19?,20-/m1/s1. The van der Waals surface area contributed by atoms with Crippen LogP contribution < -0.4 is 0 Å². The second-order valence-corrected chi connectivity index (χ2v) is 7.33. The average Bonchev–Trinajstić information content (AvgIpc) is 3.31. The van der Waals surface area contributed by atoms with E-state index < -0.39 is 0 Å². The number of Topliss-reactive ketones (excluding diaryl/α,β-unsaturated/α-hetero) is 1. The molecule has 0 aliphatic carbocycles. The maximum atomic E-state index is 13.0. The Morgan fingerprint density at radius 1 is 1.22 bits per heavy atom. The number of aliphatic hydroxyl groups is 1. The van der Waals surface area contributed by atoms with Crippen molar-refractivity contribution in [1.29, 1.82) is 10.5 Å². The van der Waals surface area contributed by atoms with Crippen LogP contribution in [-0.4, -0.2) is 45.1 Å². The highest BCUT2D eigenvalue weighted by Gasteiger charge is 2.46. The Labute approximate surface area is 157 Å². The van der Waals surface area contributed by atoms with Crippen molar-refractivity contribution in [3.8, 4) is 17.8 Å². The van der Waals surface area contributed by atoms with E-state index in [0.29, 0.717) is 22.5 Å². The summed E-state index contributed by atoms with van der Waals surface area (Å²) in [7, 11) is 0. The van der Waals surface area contributed by atoms with Crippen LogP contribution in [0.25, 0.3) is 5.69 Å². The molecule has 2 saturated heterocycles. The summed E-state index contributed by atoms with van der Waals surface area (Å²) in [6, 6.07) is 13.2. The molecule has 2 aliphatic heterocycles. The first-order valence-corrected chi connectivity index (χ1v) is 9.13. The molecule has 2 bridgehead atoms. The number of fused-ring (bicyclic) bond motifs is 2. The number of nitriles is 2. The fourth-order valence-electron chi connectivity index (χ4n) is 4.55. The Kier molecular flexibility index (Phi) is 4.31. The van der Waals surface area contributed by atoms with Gasteiger partial charge in [0.1, 0.15) is 11.8 Å². The monoisotopic (exact) mass is 360 g/mol. The van der Waals surface area contributed by atoms with Crippen LogP contribution >= 0.6 is 0 Å². The van der Waals surface area contributed by atoms with Gasteiger partial charge >= 0.3 is 0 Å². The van der Waals surface area contributed by atoms with Crippen molar-refractivity contribution < 1.29 is 9.90 Å². The number of benzene rings is 1. The lowest BCUT2D eigenvalue weighted by atomic mass is 9.98. The Balaban J connectivity index is 1.64. The number of nitrogens with zero attached hydrogens (tertiary/aromatic N) is 4. The molecule has 0 amide bonds. The Hall–Kier alpha value is -2.93. The molecule has 136 valence electrons. The van der Waals surface area contributed by atoms with Gasteiger partial charge in [0.05, 0.1) is 24.3 Å². The lowest BCUT2D eigenvalue weighted by molar-refractivity contribution is 0.0873. The van der Waals surface area contributed by atoms with E-state index in [4.69, 9.17) is 5.26 Å². The highest BCUT2D eigenvalue weighted by Crippen LogP contribution is 2.37. The zero-order valence-electron chi connectivity index (χ0n) is 15.1. The molecule has 2 unspecified atom stereocenters. The second kappa shape index (κ2) is 6.66. The van der Waals surface area contributed by atoms with Crippen LogP contribution in [0.15, 0.2) is 30.3 Å². The highest BCUT2D eigenvalue weighted by molar-refractivity contribution is 5.99. The number of rotatable bonds is 4. The third kappa shape index (κ3) is 2.84. The summed E-state index contributed by atoms with van der Waals surface area (Å²) >= 11 is 0. The Bertz CT molecular complexity index is 977. The molecule has 2 aliphatic rings. The summed E-state index contributed by atoms with van der Waals surface area (Å²) in [6.45, 7) is 2.11. The number of aliphatic hydroxyl groups excluding tert-OH is 1. The van der Waals surface area contributed by atoms with E-state index in [9.17, 15) is 15.2 Å². The average molecular weight is 360 g/mol. The smallest absolute Gasteiger partial charge is 0.178 e. The number of ketones is 1. The summed E-state index contributed by atoms with van der Waals surface area (Å²) < 4.78 is 1.75. The SMILES string of the molecule is Cc1c(C(=O)CN2C3CCC2[C@H](O)C3)cc(C#N)n1-c1ccc(C#N)cc1. The third-order valence-corrected chi connectivity index (χ3v) is 5.89. The molecule has 6 heteroatoms. The van der Waals surface area contributed by atoms with Crippen molar-refractivity contribution in [1.82, 2.24) is 9.47 Å². The first-order chi connectivity index (χ1) is 13.0. The molecule has 3 atom stereocenters. The lowest BCUT2D eigenvalue weighted by Gasteiger charge is -2.21. The van der Waals surface area contributed by atoms with Gasteiger partial charge in [-0.25, -0.2) is 0 Å². The van der Waals surface area contributed by atoms with Crippen LogP contribution in [0.5, 0.6) is 0 Å². The molecule has 0 radical (unpaired) electrons. The van der Waals surface area contributed by atoms with Gasteiger partial charge in [0, 0.05) is 29.0 Å². The van der Waals surface area contributed by atoms with Crippen LogP contribution in [0.4, 0.5) is 0 Å². The molecule has 3 heterocycles. The van der Waals surface area contributed by atoms with E-state index in [1.165, 1.54) is 0 Å². The minimum atomic E-state index is -0.337. The minimum absolute atomic E-state index is 0.0256. The molecule has 2 fully saturated rings. The van der Waals surface area contributed by atoms with Gasteiger partial charge in [-0.3, -0.25) is 9.69 Å². The van der Waals surface area contributed by atoms with Gasteiger partial charge in [0.25, 0.3) is 0 Å². The largest absolute Gasteiger partial charge is 0.391 e. The van der Waals surface area contributed by atoms with E-state index in [1.807, 2.05) is 6.92 Å². The molecule has 6 nitrogen and oxygen atoms in total. The fourth-order valence-corrected chi connectivity index (χ4v) is 4.55. The van der Waals surface area contributed by atoms with Crippen molar-refractivity contribution in [3.05, 3.63) is 52.8 Å². The van der Waals surface area contributed by atoms with E-state index in [0.717, 1.165) is 24.9 Å². The Morgan fingerprint density at radius 2 is 1.96 bits per heavy atom. The number of aromatic nitrogens is 1. The van der Waals surface area contributed by atoms with Crippen LogP contribution in [0, 0.1) is 29.6 Å². The molecule has 2 aromatic rings.